The molecule has 0 aliphatic carbocycles. The van der Waals surface area contributed by atoms with Gasteiger partial charge >= 0.3 is 0 Å². The molecule has 0 unspecified atom stereocenters. The molecule has 23 heavy (non-hydrogen) atoms. The second-order valence-electron chi connectivity index (χ2n) is 5.14. The largest absolute Gasteiger partial charge is 0.237 e. The Labute approximate surface area is 133 Å². The Kier molecular flexibility index (Phi) is 3.20. The highest BCUT2D eigenvalue weighted by molar-refractivity contribution is 5.60. The number of nitrogens with zero attached hydrogens (tertiary/aromatic N) is 6. The summed E-state index contributed by atoms with van der Waals surface area (Å²) in [5, 5.41) is 16.6. The van der Waals surface area contributed by atoms with Crippen LogP contribution in [0.2, 0.25) is 0 Å². The summed E-state index contributed by atoms with van der Waals surface area (Å²) in [5.41, 5.74) is 3.82. The van der Waals surface area contributed by atoms with E-state index in [2.05, 4.69) is 20.6 Å². The first-order chi connectivity index (χ1) is 11.3. The van der Waals surface area contributed by atoms with Crippen LogP contribution in [0, 0.1) is 6.92 Å². The maximum absolute atomic E-state index is 4.48. The van der Waals surface area contributed by atoms with Crippen LogP contribution in [0.5, 0.6) is 0 Å². The van der Waals surface area contributed by atoms with Gasteiger partial charge in [-0.05, 0) is 41.6 Å². The van der Waals surface area contributed by atoms with Crippen molar-refractivity contribution in [2.24, 2.45) is 0 Å². The van der Waals surface area contributed by atoms with Crippen LogP contribution in [-0.4, -0.2) is 30.0 Å². The van der Waals surface area contributed by atoms with Gasteiger partial charge in [0.1, 0.15) is 0 Å². The SMILES string of the molecule is Cc1c(-c2nnnn2-c2ccccc2)cnn1-c1ccccc1. The zero-order valence-electron chi connectivity index (χ0n) is 12.5. The van der Waals surface area contributed by atoms with Crippen molar-refractivity contribution in [3.8, 4) is 22.8 Å². The number of aromatic nitrogens is 6. The van der Waals surface area contributed by atoms with E-state index in [1.165, 1.54) is 0 Å². The average molecular weight is 302 g/mol. The molecule has 0 radical (unpaired) electrons. The molecular weight excluding hydrogens is 288 g/mol. The monoisotopic (exact) mass is 302 g/mol. The molecule has 0 aliphatic heterocycles. The first-order valence-electron chi connectivity index (χ1n) is 7.29. The lowest BCUT2D eigenvalue weighted by Crippen LogP contribution is -2.01. The maximum Gasteiger partial charge on any atom is 0.190 e. The van der Waals surface area contributed by atoms with Gasteiger partial charge in [-0.1, -0.05) is 36.4 Å². The summed E-state index contributed by atoms with van der Waals surface area (Å²) in [6, 6.07) is 19.8. The van der Waals surface area contributed by atoms with Gasteiger partial charge in [-0.25, -0.2) is 4.68 Å². The number of hydrogen-bond acceptors (Lipinski definition) is 4. The lowest BCUT2D eigenvalue weighted by molar-refractivity contribution is 0.791. The molecule has 0 N–H and O–H groups in total. The van der Waals surface area contributed by atoms with Crippen molar-refractivity contribution in [3.63, 3.8) is 0 Å². The van der Waals surface area contributed by atoms with E-state index in [1.807, 2.05) is 72.3 Å². The van der Waals surface area contributed by atoms with Gasteiger partial charge in [0.05, 0.1) is 28.8 Å². The van der Waals surface area contributed by atoms with Gasteiger partial charge in [-0.3, -0.25) is 0 Å². The quantitative estimate of drug-likeness (QED) is 0.584. The highest BCUT2D eigenvalue weighted by Crippen LogP contribution is 2.24. The molecule has 2 aromatic carbocycles. The van der Waals surface area contributed by atoms with Gasteiger partial charge in [-0.15, -0.1) is 5.10 Å². The molecule has 2 aromatic heterocycles. The highest BCUT2D eigenvalue weighted by atomic mass is 15.5. The lowest BCUT2D eigenvalue weighted by atomic mass is 10.2. The number of benzene rings is 2. The second-order valence-corrected chi connectivity index (χ2v) is 5.14. The Morgan fingerprint density at radius 2 is 1.39 bits per heavy atom. The minimum absolute atomic E-state index is 0.677. The summed E-state index contributed by atoms with van der Waals surface area (Å²) in [7, 11) is 0. The summed E-state index contributed by atoms with van der Waals surface area (Å²) >= 11 is 0. The van der Waals surface area contributed by atoms with Crippen LogP contribution in [0.15, 0.2) is 66.9 Å². The number of tetrazole rings is 1. The van der Waals surface area contributed by atoms with Crippen LogP contribution in [0.4, 0.5) is 0 Å². The molecule has 0 bridgehead atoms. The summed E-state index contributed by atoms with van der Waals surface area (Å²) in [5.74, 6) is 0.677. The van der Waals surface area contributed by atoms with Gasteiger partial charge in [0.15, 0.2) is 5.82 Å². The minimum Gasteiger partial charge on any atom is -0.237 e. The molecular formula is C17H14N6. The van der Waals surface area contributed by atoms with Crippen LogP contribution < -0.4 is 0 Å². The summed E-state index contributed by atoms with van der Waals surface area (Å²) in [6.07, 6.45) is 1.80. The molecule has 2 heterocycles. The van der Waals surface area contributed by atoms with Crippen molar-refractivity contribution in [2.45, 2.75) is 6.92 Å². The molecule has 0 saturated carbocycles. The van der Waals surface area contributed by atoms with Crippen molar-refractivity contribution in [1.29, 1.82) is 0 Å². The van der Waals surface area contributed by atoms with Crippen LogP contribution in [0.1, 0.15) is 5.69 Å². The maximum atomic E-state index is 4.48. The summed E-state index contributed by atoms with van der Waals surface area (Å²) < 4.78 is 3.61. The van der Waals surface area contributed by atoms with Gasteiger partial charge in [-0.2, -0.15) is 9.78 Å². The fourth-order valence-corrected chi connectivity index (χ4v) is 2.56. The van der Waals surface area contributed by atoms with Crippen LogP contribution >= 0.6 is 0 Å². The smallest absolute Gasteiger partial charge is 0.190 e. The van der Waals surface area contributed by atoms with Gasteiger partial charge in [0, 0.05) is 0 Å². The predicted octanol–water partition coefficient (Wildman–Crippen LogP) is 2.82. The molecule has 6 nitrogen and oxygen atoms in total. The molecule has 6 heteroatoms. The zero-order chi connectivity index (χ0) is 15.6. The molecule has 4 aromatic rings. The zero-order valence-corrected chi connectivity index (χ0v) is 12.5. The number of rotatable bonds is 3. The van der Waals surface area contributed by atoms with Crippen LogP contribution in [0.25, 0.3) is 22.8 Å². The summed E-state index contributed by atoms with van der Waals surface area (Å²) in [6.45, 7) is 2.01. The number of para-hydroxylation sites is 2. The molecule has 0 saturated heterocycles. The van der Waals surface area contributed by atoms with E-state index in [4.69, 9.17) is 0 Å². The van der Waals surface area contributed by atoms with E-state index in [1.54, 1.807) is 10.9 Å². The van der Waals surface area contributed by atoms with Crippen LogP contribution in [-0.2, 0) is 0 Å². The molecule has 0 amide bonds. The molecule has 0 atom stereocenters. The van der Waals surface area contributed by atoms with E-state index in [9.17, 15) is 0 Å². The third kappa shape index (κ3) is 2.30. The van der Waals surface area contributed by atoms with Gasteiger partial charge in [0.25, 0.3) is 0 Å². The van der Waals surface area contributed by atoms with Crippen molar-refractivity contribution in [3.05, 3.63) is 72.6 Å². The Morgan fingerprint density at radius 1 is 0.783 bits per heavy atom. The normalized spacial score (nSPS) is 10.8. The Hall–Kier alpha value is -3.28. The third-order valence-corrected chi connectivity index (χ3v) is 3.72. The lowest BCUT2D eigenvalue weighted by Gasteiger charge is -2.06. The molecule has 112 valence electrons. The van der Waals surface area contributed by atoms with Gasteiger partial charge < -0.3 is 0 Å². The Balaban J connectivity index is 1.82. The molecule has 4 rings (SSSR count). The van der Waals surface area contributed by atoms with Crippen molar-refractivity contribution in [1.82, 2.24) is 30.0 Å². The van der Waals surface area contributed by atoms with Gasteiger partial charge in [0.2, 0.25) is 0 Å². The van der Waals surface area contributed by atoms with E-state index >= 15 is 0 Å². The third-order valence-electron chi connectivity index (χ3n) is 3.72. The number of hydrogen-bond donors (Lipinski definition) is 0. The molecule has 0 fully saturated rings. The molecule has 0 spiro atoms. The van der Waals surface area contributed by atoms with E-state index in [0.29, 0.717) is 5.82 Å². The molecule has 0 aliphatic rings. The summed E-state index contributed by atoms with van der Waals surface area (Å²) in [4.78, 5) is 0. The van der Waals surface area contributed by atoms with Crippen molar-refractivity contribution < 1.29 is 0 Å². The first-order valence-corrected chi connectivity index (χ1v) is 7.29. The first kappa shape index (κ1) is 13.4. The van der Waals surface area contributed by atoms with E-state index in [-0.39, 0.29) is 0 Å². The highest BCUT2D eigenvalue weighted by Gasteiger charge is 2.17. The fraction of sp³-hybridized carbons (Fsp3) is 0.0588. The second kappa shape index (κ2) is 5.49. The predicted molar refractivity (Wildman–Crippen MR) is 86.4 cm³/mol. The fourth-order valence-electron chi connectivity index (χ4n) is 2.56. The van der Waals surface area contributed by atoms with E-state index in [0.717, 1.165) is 22.6 Å². The van der Waals surface area contributed by atoms with E-state index < -0.39 is 0 Å². The minimum atomic E-state index is 0.677. The topological polar surface area (TPSA) is 61.4 Å². The van der Waals surface area contributed by atoms with Crippen molar-refractivity contribution in [2.75, 3.05) is 0 Å². The Bertz CT molecular complexity index is 924. The van der Waals surface area contributed by atoms with Crippen molar-refractivity contribution >= 4 is 0 Å². The standard InChI is InChI=1S/C17H14N6/c1-13-16(12-18-22(13)14-8-4-2-5-9-14)17-19-20-21-23(17)15-10-6-3-7-11-15/h2-12H,1H3. The van der Waals surface area contributed by atoms with Crippen LogP contribution in [0.3, 0.4) is 0 Å². The Morgan fingerprint density at radius 3 is 2.04 bits per heavy atom. The average Bonchev–Trinajstić information content (AvgIpc) is 3.23.